The second-order valence-corrected chi connectivity index (χ2v) is 28.5. The number of halogens is 1. The Balaban J connectivity index is 0.000000108. The lowest BCUT2D eigenvalue weighted by Gasteiger charge is -2.12. The van der Waals surface area contributed by atoms with Crippen LogP contribution in [0, 0.1) is 6.08 Å². The van der Waals surface area contributed by atoms with Gasteiger partial charge in [0.2, 0.25) is 11.2 Å². The van der Waals surface area contributed by atoms with Crippen molar-refractivity contribution in [3.8, 4) is 28.5 Å². The molecular weight excluding hydrogens is 1260 g/mol. The smallest absolute Gasteiger partial charge is 0.236 e. The van der Waals surface area contributed by atoms with E-state index in [0.29, 0.717) is 5.95 Å². The zero-order valence-corrected chi connectivity index (χ0v) is 54.2. The molecule has 1 aliphatic carbocycles. The molecule has 0 amide bonds. The topological polar surface area (TPSA) is 72.3 Å². The number of nitrogens with zero attached hydrogens (tertiary/aromatic N) is 5. The van der Waals surface area contributed by atoms with Crippen molar-refractivity contribution in [2.24, 2.45) is 0 Å². The van der Waals surface area contributed by atoms with Crippen molar-refractivity contribution in [2.75, 3.05) is 0 Å². The molecule has 1 aliphatic rings. The summed E-state index contributed by atoms with van der Waals surface area (Å²) in [6, 6.07) is 90.8. The van der Waals surface area contributed by atoms with E-state index in [1.807, 2.05) is 53.0 Å². The van der Waals surface area contributed by atoms with Crippen LogP contribution in [0.3, 0.4) is 0 Å². The summed E-state index contributed by atoms with van der Waals surface area (Å²) in [5, 5.41) is 23.9. The first-order chi connectivity index (χ1) is 47.0. The van der Waals surface area contributed by atoms with Crippen LogP contribution in [0.5, 0.6) is 0 Å². The van der Waals surface area contributed by atoms with Crippen LogP contribution in [0.25, 0.3) is 197 Å². The number of fused-ring (bicyclic) bond motifs is 28. The van der Waals surface area contributed by atoms with Crippen LogP contribution in [0.2, 0.25) is 5.28 Å². The molecule has 21 aromatic rings. The fraction of sp³-hybridized carbons (Fsp3) is 0. The van der Waals surface area contributed by atoms with Crippen molar-refractivity contribution in [3.63, 3.8) is 0 Å². The highest BCUT2D eigenvalue weighted by molar-refractivity contribution is 7.27. The Morgan fingerprint density at radius 2 is 0.821 bits per heavy atom. The number of nitrogens with one attached hydrogen (secondary N) is 1. The first-order valence-electron chi connectivity index (χ1n) is 31.4. The standard InChI is InChI=1S/C42H23N3S2.C22H12NS.C20H11ClN2S/c1-2-12-25-23-26(22-21-24(25)11-1)38-36-30-16-6-10-20-34(30)47-41(36)44-42(43-38)45-32-18-8-5-15-29(32)35-27-13-3-4-14-28(27)40-37(39(35)45)31-17-7-9-19-33(31)46-40;1-2-8-14-13(7-1)19-15-9-3-5-11-17(15)23-21(19)20-16-10-4-6-12-18(16)24-22(14)20;21-20-22-18(14-10-9-12-5-1-2-6-13(12)11-14)17-15-7-3-4-8-16(15)24-19(17)23-20/h1-23H;1-4,6-12,23H;1-11H/q;+1;. The van der Waals surface area contributed by atoms with Crippen LogP contribution in [-0.2, 0) is 0 Å². The predicted octanol–water partition coefficient (Wildman–Crippen LogP) is 25.1. The van der Waals surface area contributed by atoms with E-state index in [1.165, 1.54) is 136 Å². The SMILES string of the molecule is Clc1nc(-c2ccc3ccccc3c2)c2c(n1)sc1ccccc12.[C+]1=Cc2[nH]c3c(c2C=C1)c1ccccc1c1sc2ccccc2c31.c1ccc2cc(-c3nc(-n4c5ccccc5c5c6ccccc6c6sc7ccccc7c6c54)nc4sc5ccccc5c34)ccc2c1. The van der Waals surface area contributed by atoms with E-state index in [4.69, 9.17) is 21.6 Å². The minimum Gasteiger partial charge on any atom is -0.300 e. The van der Waals surface area contributed by atoms with Gasteiger partial charge in [0.05, 0.1) is 34.0 Å². The van der Waals surface area contributed by atoms with E-state index >= 15 is 0 Å². The highest BCUT2D eigenvalue weighted by Gasteiger charge is 2.27. The predicted molar refractivity (Wildman–Crippen MR) is 411 cm³/mol. The van der Waals surface area contributed by atoms with Crippen LogP contribution >= 0.6 is 56.9 Å². The van der Waals surface area contributed by atoms with Gasteiger partial charge in [-0.05, 0) is 86.4 Å². The van der Waals surface area contributed by atoms with Crippen LogP contribution in [-0.4, -0.2) is 29.5 Å². The molecule has 0 atom stereocenters. The number of H-pyrrole nitrogens is 1. The molecule has 22 rings (SSSR count). The van der Waals surface area contributed by atoms with Gasteiger partial charge in [-0.15, -0.1) is 45.3 Å². The molecule has 0 bridgehead atoms. The summed E-state index contributed by atoms with van der Waals surface area (Å²) >= 11 is 13.4. The minimum atomic E-state index is 0.289. The van der Waals surface area contributed by atoms with Crippen LogP contribution in [0.1, 0.15) is 11.3 Å². The third kappa shape index (κ3) is 8.50. The molecule has 8 heterocycles. The van der Waals surface area contributed by atoms with Gasteiger partial charge in [-0.3, -0.25) is 9.55 Å². The van der Waals surface area contributed by atoms with E-state index in [-0.39, 0.29) is 5.28 Å². The largest absolute Gasteiger partial charge is 0.300 e. The highest BCUT2D eigenvalue weighted by Crippen LogP contribution is 2.50. The van der Waals surface area contributed by atoms with Crippen molar-refractivity contribution in [2.45, 2.75) is 0 Å². The number of allylic oxidation sites excluding steroid dienone is 2. The van der Waals surface area contributed by atoms with E-state index < -0.39 is 0 Å². The molecule has 0 fully saturated rings. The summed E-state index contributed by atoms with van der Waals surface area (Å²) in [4.78, 5) is 25.6. The number of aromatic amines is 1. The summed E-state index contributed by atoms with van der Waals surface area (Å²) in [6.45, 7) is 0. The van der Waals surface area contributed by atoms with E-state index in [9.17, 15) is 0 Å². The van der Waals surface area contributed by atoms with Gasteiger partial charge in [-0.25, -0.2) is 19.9 Å². The van der Waals surface area contributed by atoms with Crippen molar-refractivity contribution in [1.82, 2.24) is 29.5 Å². The zero-order chi connectivity index (χ0) is 62.4. The lowest BCUT2D eigenvalue weighted by Crippen LogP contribution is -2.03. The first-order valence-corrected chi connectivity index (χ1v) is 35.1. The molecule has 95 heavy (non-hydrogen) atoms. The summed E-state index contributed by atoms with van der Waals surface area (Å²) in [7, 11) is 0. The highest BCUT2D eigenvalue weighted by atomic mass is 35.5. The molecule has 11 heteroatoms. The van der Waals surface area contributed by atoms with Gasteiger partial charge >= 0.3 is 0 Å². The maximum atomic E-state index is 6.20. The first kappa shape index (κ1) is 54.5. The number of benzene rings is 13. The Bertz CT molecular complexity index is 6900. The van der Waals surface area contributed by atoms with Crippen molar-refractivity contribution in [3.05, 3.63) is 283 Å². The molecular formula is C84H46ClN6S4+. The molecule has 1 N–H and O–H groups in total. The monoisotopic (exact) mass is 1300 g/mol. The van der Waals surface area contributed by atoms with Crippen molar-refractivity contribution < 1.29 is 0 Å². The second kappa shape index (κ2) is 21.5. The van der Waals surface area contributed by atoms with Gasteiger partial charge in [0.15, 0.2) is 5.69 Å². The Labute approximate surface area is 562 Å². The van der Waals surface area contributed by atoms with Crippen molar-refractivity contribution >= 4 is 226 Å². The quantitative estimate of drug-likeness (QED) is 0.141. The molecule has 8 aromatic heterocycles. The van der Waals surface area contributed by atoms with E-state index in [0.717, 1.165) is 54.2 Å². The molecule has 442 valence electrons. The summed E-state index contributed by atoms with van der Waals surface area (Å²) in [5.41, 5.74) is 9.97. The molecule has 6 nitrogen and oxygen atoms in total. The average molecular weight is 1300 g/mol. The summed E-state index contributed by atoms with van der Waals surface area (Å²) < 4.78 is 10.1. The number of hydrogen-bond donors (Lipinski definition) is 1. The lowest BCUT2D eigenvalue weighted by molar-refractivity contribution is 1.02. The average Bonchev–Trinajstić information content (AvgIpc) is 1.53. The molecule has 13 aromatic carbocycles. The number of rotatable bonds is 3. The van der Waals surface area contributed by atoms with Gasteiger partial charge in [0.1, 0.15) is 27.4 Å². The van der Waals surface area contributed by atoms with Gasteiger partial charge < -0.3 is 0 Å². The third-order valence-corrected chi connectivity index (χ3v) is 23.5. The molecule has 0 aliphatic heterocycles. The van der Waals surface area contributed by atoms with Crippen LogP contribution in [0.4, 0.5) is 0 Å². The lowest BCUT2D eigenvalue weighted by atomic mass is 9.98. The Morgan fingerprint density at radius 1 is 0.368 bits per heavy atom. The Kier molecular flexibility index (Phi) is 12.3. The third-order valence-electron chi connectivity index (χ3n) is 18.8. The molecule has 0 saturated carbocycles. The van der Waals surface area contributed by atoms with Gasteiger partial charge in [-0.2, -0.15) is 0 Å². The number of hydrogen-bond acceptors (Lipinski definition) is 8. The molecule has 0 unspecified atom stereocenters. The van der Waals surface area contributed by atoms with Crippen LogP contribution in [0.15, 0.2) is 261 Å². The van der Waals surface area contributed by atoms with Gasteiger partial charge in [0.25, 0.3) is 0 Å². The van der Waals surface area contributed by atoms with Crippen LogP contribution < -0.4 is 0 Å². The van der Waals surface area contributed by atoms with Gasteiger partial charge in [-0.1, -0.05) is 212 Å². The second-order valence-electron chi connectivity index (χ2n) is 24.0. The van der Waals surface area contributed by atoms with E-state index in [1.54, 1.807) is 22.7 Å². The summed E-state index contributed by atoms with van der Waals surface area (Å²) in [5.74, 6) is 0.699. The maximum Gasteiger partial charge on any atom is 0.236 e. The Hall–Kier alpha value is -11.0. The number of para-hydroxylation sites is 1. The zero-order valence-electron chi connectivity index (χ0n) is 50.2. The molecule has 0 saturated heterocycles. The molecule has 0 radical (unpaired) electrons. The van der Waals surface area contributed by atoms with Gasteiger partial charge in [0, 0.05) is 115 Å². The fourth-order valence-electron chi connectivity index (χ4n) is 14.7. The number of thiophene rings is 4. The molecule has 0 spiro atoms. The normalized spacial score (nSPS) is 12.3. The summed E-state index contributed by atoms with van der Waals surface area (Å²) in [6.07, 6.45) is 9.41. The van der Waals surface area contributed by atoms with Crippen molar-refractivity contribution in [1.29, 1.82) is 0 Å². The maximum absolute atomic E-state index is 6.20. The fourth-order valence-corrected chi connectivity index (χ4v) is 19.5. The van der Waals surface area contributed by atoms with E-state index in [2.05, 4.69) is 268 Å². The number of aromatic nitrogens is 6. The Morgan fingerprint density at radius 3 is 1.42 bits per heavy atom. The minimum absolute atomic E-state index is 0.289.